The molecular formula is C25H30N4O. The van der Waals surface area contributed by atoms with Crippen LogP contribution in [0.2, 0.25) is 0 Å². The van der Waals surface area contributed by atoms with Gasteiger partial charge in [0, 0.05) is 18.7 Å². The molecule has 1 aromatic carbocycles. The second-order valence-electron chi connectivity index (χ2n) is 8.03. The topological polar surface area (TPSA) is 57.3 Å². The van der Waals surface area contributed by atoms with E-state index in [1.807, 2.05) is 41.3 Å². The molecule has 1 saturated heterocycles. The number of unbranched alkanes of at least 4 members (excludes halogenated alkanes) is 2. The smallest absolute Gasteiger partial charge is 0.257 e. The lowest BCUT2D eigenvalue weighted by molar-refractivity contribution is 0.102. The summed E-state index contributed by atoms with van der Waals surface area (Å²) in [4.78, 5) is 19.2. The summed E-state index contributed by atoms with van der Waals surface area (Å²) in [6.45, 7) is 1.69. The van der Waals surface area contributed by atoms with Crippen LogP contribution in [0.25, 0.3) is 0 Å². The van der Waals surface area contributed by atoms with E-state index in [0.717, 1.165) is 30.0 Å². The lowest BCUT2D eigenvalue weighted by Gasteiger charge is -2.22. The fraction of sp³-hybridized carbons (Fsp3) is 0.440. The first-order valence-corrected chi connectivity index (χ1v) is 11.1. The molecule has 1 unspecified atom stereocenters. The quantitative estimate of drug-likeness (QED) is 0.553. The van der Waals surface area contributed by atoms with Gasteiger partial charge in [0.2, 0.25) is 0 Å². The van der Waals surface area contributed by atoms with Gasteiger partial charge in [0.15, 0.2) is 5.82 Å². The number of anilines is 3. The Balaban J connectivity index is 1.36. The summed E-state index contributed by atoms with van der Waals surface area (Å²) < 4.78 is 0. The van der Waals surface area contributed by atoms with E-state index in [4.69, 9.17) is 0 Å². The van der Waals surface area contributed by atoms with Gasteiger partial charge in [0.1, 0.15) is 0 Å². The van der Waals surface area contributed by atoms with Gasteiger partial charge in [0.25, 0.3) is 5.91 Å². The molecule has 1 aromatic heterocycles. The Morgan fingerprint density at radius 1 is 1.07 bits per heavy atom. The highest BCUT2D eigenvalue weighted by Crippen LogP contribution is 2.35. The molecule has 2 aromatic rings. The number of carbonyl (C=O) groups is 1. The van der Waals surface area contributed by atoms with Crippen molar-refractivity contribution in [2.24, 2.45) is 0 Å². The van der Waals surface area contributed by atoms with Crippen molar-refractivity contribution in [1.82, 2.24) is 10.3 Å². The molecule has 1 amide bonds. The molecule has 30 heavy (non-hydrogen) atoms. The number of nitrogens with one attached hydrogen (secondary N) is 2. The second kappa shape index (κ2) is 10.3. The molecule has 2 N–H and O–H groups in total. The number of carbonyl (C=O) groups excluding carboxylic acids is 1. The Hall–Kier alpha value is -2.84. The lowest BCUT2D eigenvalue weighted by atomic mass is 10.0. The van der Waals surface area contributed by atoms with Crippen molar-refractivity contribution >= 4 is 23.1 Å². The summed E-state index contributed by atoms with van der Waals surface area (Å²) in [6.07, 6.45) is 11.6. The Morgan fingerprint density at radius 3 is 2.97 bits per heavy atom. The predicted molar refractivity (Wildman–Crippen MR) is 122 cm³/mol. The maximum Gasteiger partial charge on any atom is 0.257 e. The summed E-state index contributed by atoms with van der Waals surface area (Å²) in [6, 6.07) is 12.0. The van der Waals surface area contributed by atoms with Crippen LogP contribution in [-0.2, 0) is 0 Å². The van der Waals surface area contributed by atoms with Crippen molar-refractivity contribution in [2.45, 2.75) is 57.4 Å². The Bertz CT molecular complexity index is 922. The molecule has 0 bridgehead atoms. The van der Waals surface area contributed by atoms with E-state index in [1.165, 1.54) is 45.1 Å². The summed E-state index contributed by atoms with van der Waals surface area (Å²) in [5.41, 5.74) is 2.21. The van der Waals surface area contributed by atoms with E-state index in [0.29, 0.717) is 18.2 Å². The number of nitrogens with zero attached hydrogens (tertiary/aromatic N) is 2. The first-order valence-electron chi connectivity index (χ1n) is 11.1. The Morgan fingerprint density at radius 2 is 2.00 bits per heavy atom. The Labute approximate surface area is 179 Å². The fourth-order valence-electron chi connectivity index (χ4n) is 4.25. The van der Waals surface area contributed by atoms with Gasteiger partial charge in [-0.05, 0) is 56.5 Å². The largest absolute Gasteiger partial charge is 0.319 e. The molecule has 0 spiro atoms. The molecule has 1 fully saturated rings. The number of hydrogen-bond acceptors (Lipinski definition) is 4. The molecule has 0 saturated carbocycles. The van der Waals surface area contributed by atoms with Gasteiger partial charge in [-0.1, -0.05) is 37.3 Å². The third kappa shape index (κ3) is 5.01. The monoisotopic (exact) mass is 402 g/mol. The molecule has 0 radical (unpaired) electrons. The van der Waals surface area contributed by atoms with Crippen molar-refractivity contribution in [1.29, 1.82) is 0 Å². The van der Waals surface area contributed by atoms with Crippen LogP contribution >= 0.6 is 0 Å². The fourth-order valence-corrected chi connectivity index (χ4v) is 4.25. The zero-order valence-corrected chi connectivity index (χ0v) is 17.5. The minimum Gasteiger partial charge on any atom is -0.319 e. The highest BCUT2D eigenvalue weighted by Gasteiger charge is 2.25. The number of fused-ring (bicyclic) bond motifs is 2. The number of pyridine rings is 1. The minimum atomic E-state index is -0.109. The first-order chi connectivity index (χ1) is 14.8. The van der Waals surface area contributed by atoms with E-state index in [1.54, 1.807) is 6.20 Å². The third-order valence-electron chi connectivity index (χ3n) is 5.86. The number of benzene rings is 1. The van der Waals surface area contributed by atoms with Gasteiger partial charge < -0.3 is 15.5 Å². The molecule has 4 rings (SSSR count). The van der Waals surface area contributed by atoms with Crippen molar-refractivity contribution in [2.75, 3.05) is 23.3 Å². The molecular weight excluding hydrogens is 372 g/mol. The average Bonchev–Trinajstić information content (AvgIpc) is 3.10. The van der Waals surface area contributed by atoms with Crippen LogP contribution in [0.1, 0.15) is 61.7 Å². The summed E-state index contributed by atoms with van der Waals surface area (Å²) in [5, 5.41) is 6.64. The molecule has 5 nitrogen and oxygen atoms in total. The normalized spacial score (nSPS) is 18.2. The lowest BCUT2D eigenvalue weighted by Crippen LogP contribution is -2.27. The molecule has 3 heterocycles. The number of para-hydroxylation sites is 1. The molecule has 2 aliphatic heterocycles. The molecule has 156 valence electrons. The Kier molecular flexibility index (Phi) is 6.99. The van der Waals surface area contributed by atoms with Crippen LogP contribution in [-0.4, -0.2) is 30.0 Å². The van der Waals surface area contributed by atoms with Gasteiger partial charge in [-0.3, -0.25) is 4.79 Å². The highest BCUT2D eigenvalue weighted by molar-refractivity contribution is 6.12. The van der Waals surface area contributed by atoms with Crippen molar-refractivity contribution in [3.63, 3.8) is 0 Å². The van der Waals surface area contributed by atoms with E-state index in [2.05, 4.69) is 27.5 Å². The van der Waals surface area contributed by atoms with Gasteiger partial charge in [-0.25, -0.2) is 4.98 Å². The number of aromatic nitrogens is 1. The average molecular weight is 403 g/mol. The van der Waals surface area contributed by atoms with E-state index >= 15 is 0 Å². The summed E-state index contributed by atoms with van der Waals surface area (Å²) in [7, 11) is 0. The van der Waals surface area contributed by atoms with E-state index < -0.39 is 0 Å². The molecule has 0 aliphatic carbocycles. The third-order valence-corrected chi connectivity index (χ3v) is 5.86. The highest BCUT2D eigenvalue weighted by atomic mass is 16.1. The van der Waals surface area contributed by atoms with E-state index in [-0.39, 0.29) is 5.91 Å². The van der Waals surface area contributed by atoms with Crippen LogP contribution in [0.3, 0.4) is 0 Å². The minimum absolute atomic E-state index is 0.109. The SMILES string of the molecule is O=C1Nc2cccnc2N(CC#CCCCCC2CCCCCN2)c2ccccc21. The maximum atomic E-state index is 12.6. The van der Waals surface area contributed by atoms with Gasteiger partial charge in [-0.15, -0.1) is 5.92 Å². The van der Waals surface area contributed by atoms with Crippen molar-refractivity contribution in [3.8, 4) is 11.8 Å². The standard InChI is InChI=1S/C25H30N4O/c30-25-21-14-7-8-16-23(21)29(24-22(28-25)15-11-18-27-24)19-10-3-1-2-5-12-20-13-6-4-9-17-26-20/h7-8,11,14-16,18,20,26H,1-2,4-6,9,12-13,17,19H2,(H,28,30). The second-order valence-corrected chi connectivity index (χ2v) is 8.03. The summed E-state index contributed by atoms with van der Waals surface area (Å²) >= 11 is 0. The molecule has 5 heteroatoms. The van der Waals surface area contributed by atoms with Crippen molar-refractivity contribution in [3.05, 3.63) is 48.2 Å². The zero-order chi connectivity index (χ0) is 20.6. The van der Waals surface area contributed by atoms with Crippen molar-refractivity contribution < 1.29 is 4.79 Å². The van der Waals surface area contributed by atoms with E-state index in [9.17, 15) is 4.79 Å². The molecule has 1 atom stereocenters. The number of amides is 1. The number of rotatable bonds is 5. The number of hydrogen-bond donors (Lipinski definition) is 2. The van der Waals surface area contributed by atoms with Crippen LogP contribution in [0.15, 0.2) is 42.6 Å². The maximum absolute atomic E-state index is 12.6. The summed E-state index contributed by atoms with van der Waals surface area (Å²) in [5.74, 6) is 7.27. The van der Waals surface area contributed by atoms with Crippen LogP contribution in [0.5, 0.6) is 0 Å². The zero-order valence-electron chi connectivity index (χ0n) is 17.5. The van der Waals surface area contributed by atoms with Gasteiger partial charge >= 0.3 is 0 Å². The predicted octanol–water partition coefficient (Wildman–Crippen LogP) is 4.88. The molecule has 2 aliphatic rings. The first kappa shape index (κ1) is 20.4. The van der Waals surface area contributed by atoms with Gasteiger partial charge in [0.05, 0.1) is 23.5 Å². The van der Waals surface area contributed by atoms with Crippen LogP contribution in [0, 0.1) is 11.8 Å². The van der Waals surface area contributed by atoms with Gasteiger partial charge in [-0.2, -0.15) is 0 Å². The van der Waals surface area contributed by atoms with Crippen LogP contribution in [0.4, 0.5) is 17.2 Å². The van der Waals surface area contributed by atoms with Crippen LogP contribution < -0.4 is 15.5 Å².